The van der Waals surface area contributed by atoms with E-state index < -0.39 is 12.0 Å². The van der Waals surface area contributed by atoms with E-state index in [0.717, 1.165) is 0 Å². The Hall–Kier alpha value is -1.43. The van der Waals surface area contributed by atoms with Crippen LogP contribution in [-0.4, -0.2) is 35.6 Å². The minimum Gasteiger partial charge on any atom is -0.480 e. The summed E-state index contributed by atoms with van der Waals surface area (Å²) in [5.74, 6) is -0.961. The molecule has 1 aromatic heterocycles. The lowest BCUT2D eigenvalue weighted by Crippen LogP contribution is -2.40. The van der Waals surface area contributed by atoms with Crippen molar-refractivity contribution in [3.05, 3.63) is 35.2 Å². The smallest absolute Gasteiger partial charge is 0.321 e. The molecule has 0 spiro atoms. The van der Waals surface area contributed by atoms with Crippen molar-refractivity contribution in [1.29, 1.82) is 0 Å². The van der Waals surface area contributed by atoms with Crippen molar-refractivity contribution in [2.24, 2.45) is 5.73 Å². The quantitative estimate of drug-likeness (QED) is 0.863. The number of likely N-dealkylation sites (N-methyl/N-ethyl adjacent to an activating group) is 1. The van der Waals surface area contributed by atoms with Gasteiger partial charge in [0.25, 0.3) is 0 Å². The molecule has 0 aliphatic heterocycles. The number of fused-ring (bicyclic) bond motifs is 1. The van der Waals surface area contributed by atoms with Gasteiger partial charge < -0.3 is 10.8 Å². The lowest BCUT2D eigenvalue weighted by atomic mass is 10.1. The van der Waals surface area contributed by atoms with E-state index in [1.165, 1.54) is 15.6 Å². The molecule has 2 aromatic rings. The molecule has 0 aliphatic carbocycles. The van der Waals surface area contributed by atoms with E-state index in [1.54, 1.807) is 11.3 Å². The van der Waals surface area contributed by atoms with Gasteiger partial charge in [0.05, 0.1) is 0 Å². The van der Waals surface area contributed by atoms with Crippen molar-refractivity contribution in [3.63, 3.8) is 0 Å². The highest BCUT2D eigenvalue weighted by molar-refractivity contribution is 7.17. The van der Waals surface area contributed by atoms with Crippen LogP contribution in [0.4, 0.5) is 0 Å². The number of carbonyl (C=O) groups is 1. The van der Waals surface area contributed by atoms with Crippen LogP contribution in [0.3, 0.4) is 0 Å². The third kappa shape index (κ3) is 2.87. The highest BCUT2D eigenvalue weighted by Gasteiger charge is 2.15. The summed E-state index contributed by atoms with van der Waals surface area (Å²) in [6.07, 6.45) is 0. The predicted octanol–water partition coefficient (Wildman–Crippen LogP) is 1.75. The van der Waals surface area contributed by atoms with Crippen molar-refractivity contribution in [3.8, 4) is 0 Å². The maximum atomic E-state index is 10.7. The van der Waals surface area contributed by atoms with Crippen molar-refractivity contribution in [2.75, 3.05) is 13.6 Å². The molecule has 18 heavy (non-hydrogen) atoms. The van der Waals surface area contributed by atoms with Crippen LogP contribution in [0, 0.1) is 0 Å². The van der Waals surface area contributed by atoms with Gasteiger partial charge in [0, 0.05) is 17.8 Å². The molecule has 4 nitrogen and oxygen atoms in total. The molecular weight excluding hydrogens is 248 g/mol. The number of hydrogen-bond acceptors (Lipinski definition) is 4. The van der Waals surface area contributed by atoms with E-state index in [4.69, 9.17) is 10.8 Å². The summed E-state index contributed by atoms with van der Waals surface area (Å²) in [6.45, 7) is 1.06. The molecule has 0 aliphatic rings. The second-order valence-electron chi connectivity index (χ2n) is 4.40. The fourth-order valence-corrected chi connectivity index (χ4v) is 2.88. The van der Waals surface area contributed by atoms with Crippen molar-refractivity contribution < 1.29 is 9.90 Å². The molecule has 96 valence electrons. The number of carboxylic acids is 1. The first-order valence-corrected chi connectivity index (χ1v) is 6.58. The van der Waals surface area contributed by atoms with Gasteiger partial charge in [-0.3, -0.25) is 9.69 Å². The fourth-order valence-electron chi connectivity index (χ4n) is 1.92. The first-order chi connectivity index (χ1) is 8.58. The molecule has 1 atom stereocenters. The third-order valence-electron chi connectivity index (χ3n) is 2.83. The molecule has 0 fully saturated rings. The zero-order valence-corrected chi connectivity index (χ0v) is 11.0. The van der Waals surface area contributed by atoms with Gasteiger partial charge >= 0.3 is 5.97 Å². The van der Waals surface area contributed by atoms with Crippen LogP contribution in [0.2, 0.25) is 0 Å². The largest absolute Gasteiger partial charge is 0.480 e. The summed E-state index contributed by atoms with van der Waals surface area (Å²) in [6, 6.07) is 7.38. The van der Waals surface area contributed by atoms with Crippen LogP contribution in [0.1, 0.15) is 5.56 Å². The molecule has 0 saturated heterocycles. The Morgan fingerprint density at radius 3 is 2.94 bits per heavy atom. The number of aliphatic carboxylic acids is 1. The Morgan fingerprint density at radius 2 is 2.22 bits per heavy atom. The lowest BCUT2D eigenvalue weighted by Gasteiger charge is -2.18. The Labute approximate surface area is 110 Å². The number of benzene rings is 1. The first kappa shape index (κ1) is 13.0. The SMILES string of the molecule is CN(Cc1csc2ccccc12)CC(N)C(=O)O. The van der Waals surface area contributed by atoms with Gasteiger partial charge in [-0.1, -0.05) is 18.2 Å². The topological polar surface area (TPSA) is 66.6 Å². The van der Waals surface area contributed by atoms with Gasteiger partial charge in [0.2, 0.25) is 0 Å². The normalized spacial score (nSPS) is 13.1. The van der Waals surface area contributed by atoms with Gasteiger partial charge in [-0.25, -0.2) is 0 Å². The summed E-state index contributed by atoms with van der Waals surface area (Å²) >= 11 is 1.71. The van der Waals surface area contributed by atoms with Gasteiger partial charge in [-0.05, 0) is 29.4 Å². The molecular formula is C13H16N2O2S. The number of nitrogens with two attached hydrogens (primary N) is 1. The fraction of sp³-hybridized carbons (Fsp3) is 0.308. The second kappa shape index (κ2) is 5.48. The monoisotopic (exact) mass is 264 g/mol. The van der Waals surface area contributed by atoms with Gasteiger partial charge in [0.15, 0.2) is 0 Å². The van der Waals surface area contributed by atoms with Crippen molar-refractivity contribution in [1.82, 2.24) is 4.90 Å². The van der Waals surface area contributed by atoms with Crippen LogP contribution in [0.5, 0.6) is 0 Å². The molecule has 1 unspecified atom stereocenters. The van der Waals surface area contributed by atoms with Crippen molar-refractivity contribution >= 4 is 27.4 Å². The number of carboxylic acid groups (broad SMARTS) is 1. The number of nitrogens with zero attached hydrogens (tertiary/aromatic N) is 1. The summed E-state index contributed by atoms with van der Waals surface area (Å²) in [5.41, 5.74) is 6.74. The molecule has 0 bridgehead atoms. The van der Waals surface area contributed by atoms with E-state index in [9.17, 15) is 4.79 Å². The van der Waals surface area contributed by atoms with E-state index in [0.29, 0.717) is 13.1 Å². The molecule has 5 heteroatoms. The molecule has 3 N–H and O–H groups in total. The summed E-state index contributed by atoms with van der Waals surface area (Å²) in [5, 5.41) is 12.1. The Kier molecular flexibility index (Phi) is 3.96. The second-order valence-corrected chi connectivity index (χ2v) is 5.31. The number of hydrogen-bond donors (Lipinski definition) is 2. The maximum Gasteiger partial charge on any atom is 0.321 e. The molecule has 0 saturated carbocycles. The van der Waals surface area contributed by atoms with E-state index in [1.807, 2.05) is 24.1 Å². The molecule has 1 aromatic carbocycles. The van der Waals surface area contributed by atoms with Crippen molar-refractivity contribution in [2.45, 2.75) is 12.6 Å². The Morgan fingerprint density at radius 1 is 1.50 bits per heavy atom. The third-order valence-corrected chi connectivity index (χ3v) is 3.84. The first-order valence-electron chi connectivity index (χ1n) is 5.70. The Balaban J connectivity index is 2.07. The summed E-state index contributed by atoms with van der Waals surface area (Å²) in [4.78, 5) is 12.6. The molecule has 2 rings (SSSR count). The van der Waals surface area contributed by atoms with Gasteiger partial charge in [-0.15, -0.1) is 11.3 Å². The zero-order valence-electron chi connectivity index (χ0n) is 10.2. The average molecular weight is 264 g/mol. The molecule has 0 radical (unpaired) electrons. The maximum absolute atomic E-state index is 10.7. The minimum absolute atomic E-state index is 0.347. The van der Waals surface area contributed by atoms with E-state index in [-0.39, 0.29) is 0 Å². The van der Waals surface area contributed by atoms with Crippen LogP contribution in [-0.2, 0) is 11.3 Å². The number of thiophene rings is 1. The van der Waals surface area contributed by atoms with Crippen LogP contribution in [0.25, 0.3) is 10.1 Å². The Bertz CT molecular complexity index is 553. The number of rotatable bonds is 5. The summed E-state index contributed by atoms with van der Waals surface area (Å²) < 4.78 is 1.25. The molecule has 1 heterocycles. The van der Waals surface area contributed by atoms with E-state index >= 15 is 0 Å². The summed E-state index contributed by atoms with van der Waals surface area (Å²) in [7, 11) is 1.88. The van der Waals surface area contributed by atoms with Gasteiger partial charge in [-0.2, -0.15) is 0 Å². The lowest BCUT2D eigenvalue weighted by molar-refractivity contribution is -0.138. The van der Waals surface area contributed by atoms with Crippen LogP contribution in [0.15, 0.2) is 29.6 Å². The van der Waals surface area contributed by atoms with Crippen LogP contribution >= 0.6 is 11.3 Å². The zero-order chi connectivity index (χ0) is 13.1. The van der Waals surface area contributed by atoms with Gasteiger partial charge in [0.1, 0.15) is 6.04 Å². The average Bonchev–Trinajstić information content (AvgIpc) is 2.72. The highest BCUT2D eigenvalue weighted by Crippen LogP contribution is 2.26. The van der Waals surface area contributed by atoms with Crippen LogP contribution < -0.4 is 5.73 Å². The molecule has 0 amide bonds. The predicted molar refractivity (Wildman–Crippen MR) is 73.8 cm³/mol. The minimum atomic E-state index is -0.961. The van der Waals surface area contributed by atoms with E-state index in [2.05, 4.69) is 17.5 Å². The highest BCUT2D eigenvalue weighted by atomic mass is 32.1. The standard InChI is InChI=1S/C13H16N2O2S/c1-15(7-11(14)13(16)17)6-9-8-18-12-5-3-2-4-10(9)12/h2-5,8,11H,6-7,14H2,1H3,(H,16,17).